The number of carbonyl (C=O) groups excluding carboxylic acids is 1. The lowest BCUT2D eigenvalue weighted by molar-refractivity contribution is 0.0944. The highest BCUT2D eigenvalue weighted by Crippen LogP contribution is 2.20. The van der Waals surface area contributed by atoms with Gasteiger partial charge in [0.1, 0.15) is 5.52 Å². The van der Waals surface area contributed by atoms with E-state index < -0.39 is 11.5 Å². The third-order valence-electron chi connectivity index (χ3n) is 5.09. The maximum absolute atomic E-state index is 12.7. The van der Waals surface area contributed by atoms with Crippen molar-refractivity contribution in [3.63, 3.8) is 0 Å². The topological polar surface area (TPSA) is 80.1 Å². The molecular formula is C21H23N5O2. The SMILES string of the molecule is CCn1c(=O)c(C(=O)NCc2ccc(N3CCCC3)cc2)nc2cccnc21. The molecule has 0 radical (unpaired) electrons. The largest absolute Gasteiger partial charge is 0.372 e. The van der Waals surface area contributed by atoms with Gasteiger partial charge in [-0.3, -0.25) is 14.2 Å². The quantitative estimate of drug-likeness (QED) is 0.738. The van der Waals surface area contributed by atoms with Crippen molar-refractivity contribution in [1.82, 2.24) is 19.9 Å². The van der Waals surface area contributed by atoms with Gasteiger partial charge in [0.25, 0.3) is 11.5 Å². The van der Waals surface area contributed by atoms with Gasteiger partial charge in [-0.05, 0) is 49.6 Å². The van der Waals surface area contributed by atoms with E-state index in [2.05, 4.69) is 32.3 Å². The van der Waals surface area contributed by atoms with Crippen molar-refractivity contribution >= 4 is 22.8 Å². The van der Waals surface area contributed by atoms with Gasteiger partial charge in [-0.15, -0.1) is 0 Å². The molecular weight excluding hydrogens is 354 g/mol. The molecule has 7 heteroatoms. The minimum absolute atomic E-state index is 0.101. The summed E-state index contributed by atoms with van der Waals surface area (Å²) < 4.78 is 1.47. The van der Waals surface area contributed by atoms with Gasteiger partial charge in [-0.25, -0.2) is 9.97 Å². The minimum Gasteiger partial charge on any atom is -0.372 e. The monoisotopic (exact) mass is 377 g/mol. The predicted molar refractivity (Wildman–Crippen MR) is 109 cm³/mol. The molecule has 1 fully saturated rings. The van der Waals surface area contributed by atoms with Crippen LogP contribution in [-0.4, -0.2) is 33.5 Å². The minimum atomic E-state index is -0.471. The third kappa shape index (κ3) is 3.47. The first-order valence-electron chi connectivity index (χ1n) is 9.65. The van der Waals surface area contributed by atoms with Crippen molar-refractivity contribution in [1.29, 1.82) is 0 Å². The summed E-state index contributed by atoms with van der Waals surface area (Å²) in [7, 11) is 0. The van der Waals surface area contributed by atoms with Crippen molar-refractivity contribution in [3.05, 3.63) is 64.2 Å². The summed E-state index contributed by atoms with van der Waals surface area (Å²) in [5.41, 5.74) is 2.69. The first kappa shape index (κ1) is 18.2. The zero-order chi connectivity index (χ0) is 19.5. The highest BCUT2D eigenvalue weighted by Gasteiger charge is 2.17. The standard InChI is InChI=1S/C21H23N5O2/c1-2-26-19-17(6-5-11-22-19)24-18(21(26)28)20(27)23-14-15-7-9-16(10-8-15)25-12-3-4-13-25/h5-11H,2-4,12-14H2,1H3,(H,23,27). The average Bonchev–Trinajstić information content (AvgIpc) is 3.27. The number of amides is 1. The zero-order valence-corrected chi connectivity index (χ0v) is 15.9. The molecule has 3 aromatic rings. The molecule has 3 heterocycles. The highest BCUT2D eigenvalue weighted by atomic mass is 16.2. The van der Waals surface area contributed by atoms with Crippen LogP contribution in [0.15, 0.2) is 47.4 Å². The number of aromatic nitrogens is 3. The summed E-state index contributed by atoms with van der Waals surface area (Å²) in [6.07, 6.45) is 4.09. The lowest BCUT2D eigenvalue weighted by Gasteiger charge is -2.17. The normalized spacial score (nSPS) is 13.8. The number of nitrogens with zero attached hydrogens (tertiary/aromatic N) is 4. The number of hydrogen-bond donors (Lipinski definition) is 1. The number of hydrogen-bond acceptors (Lipinski definition) is 5. The Kier molecular flexibility index (Phi) is 5.06. The number of pyridine rings is 1. The maximum Gasteiger partial charge on any atom is 0.283 e. The van der Waals surface area contributed by atoms with Crippen LogP contribution in [0.25, 0.3) is 11.2 Å². The number of carbonyl (C=O) groups is 1. The Balaban J connectivity index is 1.51. The number of benzene rings is 1. The lowest BCUT2D eigenvalue weighted by Crippen LogP contribution is -2.34. The van der Waals surface area contributed by atoms with E-state index >= 15 is 0 Å². The van der Waals surface area contributed by atoms with Crippen LogP contribution >= 0.6 is 0 Å². The summed E-state index contributed by atoms with van der Waals surface area (Å²) in [5.74, 6) is -0.471. The molecule has 1 N–H and O–H groups in total. The molecule has 1 aromatic carbocycles. The second-order valence-corrected chi connectivity index (χ2v) is 6.90. The molecule has 1 saturated heterocycles. The smallest absolute Gasteiger partial charge is 0.283 e. The number of anilines is 1. The molecule has 0 bridgehead atoms. The number of fused-ring (bicyclic) bond motifs is 1. The molecule has 1 amide bonds. The molecule has 0 saturated carbocycles. The van der Waals surface area contributed by atoms with Gasteiger partial charge in [0, 0.05) is 38.1 Å². The molecule has 0 unspecified atom stereocenters. The van der Waals surface area contributed by atoms with Gasteiger partial charge in [-0.2, -0.15) is 0 Å². The Labute approximate surface area is 163 Å². The average molecular weight is 377 g/mol. The van der Waals surface area contributed by atoms with E-state index in [0.29, 0.717) is 24.3 Å². The fourth-order valence-corrected chi connectivity index (χ4v) is 3.58. The number of rotatable bonds is 5. The summed E-state index contributed by atoms with van der Waals surface area (Å²) in [6, 6.07) is 11.7. The molecule has 28 heavy (non-hydrogen) atoms. The van der Waals surface area contributed by atoms with Crippen LogP contribution in [0.2, 0.25) is 0 Å². The molecule has 2 aromatic heterocycles. The van der Waals surface area contributed by atoms with Crippen molar-refractivity contribution in [2.45, 2.75) is 32.9 Å². The fourth-order valence-electron chi connectivity index (χ4n) is 3.58. The molecule has 1 aliphatic rings. The van der Waals surface area contributed by atoms with Crippen molar-refractivity contribution in [2.75, 3.05) is 18.0 Å². The van der Waals surface area contributed by atoms with Gasteiger partial charge >= 0.3 is 0 Å². The number of aryl methyl sites for hydroxylation is 1. The second-order valence-electron chi connectivity index (χ2n) is 6.90. The lowest BCUT2D eigenvalue weighted by atomic mass is 10.2. The summed E-state index contributed by atoms with van der Waals surface area (Å²) in [6.45, 7) is 4.81. The first-order valence-corrected chi connectivity index (χ1v) is 9.65. The summed E-state index contributed by atoms with van der Waals surface area (Å²) in [5, 5.41) is 2.81. The van der Waals surface area contributed by atoms with E-state index in [0.717, 1.165) is 18.7 Å². The van der Waals surface area contributed by atoms with Crippen LogP contribution in [0.3, 0.4) is 0 Å². The van der Waals surface area contributed by atoms with Crippen molar-refractivity contribution < 1.29 is 4.79 Å². The number of nitrogens with one attached hydrogen (secondary N) is 1. The van der Waals surface area contributed by atoms with Crippen molar-refractivity contribution in [3.8, 4) is 0 Å². The van der Waals surface area contributed by atoms with E-state index in [1.807, 2.05) is 19.1 Å². The zero-order valence-electron chi connectivity index (χ0n) is 15.9. The van der Waals surface area contributed by atoms with E-state index in [-0.39, 0.29) is 5.69 Å². The van der Waals surface area contributed by atoms with Crippen LogP contribution in [0.5, 0.6) is 0 Å². The molecule has 7 nitrogen and oxygen atoms in total. The van der Waals surface area contributed by atoms with Gasteiger partial charge in [0.2, 0.25) is 0 Å². The van der Waals surface area contributed by atoms with Crippen LogP contribution in [0.1, 0.15) is 35.8 Å². The van der Waals surface area contributed by atoms with Gasteiger partial charge in [0.05, 0.1) is 0 Å². The third-order valence-corrected chi connectivity index (χ3v) is 5.09. The Morgan fingerprint density at radius 3 is 2.61 bits per heavy atom. The van der Waals surface area contributed by atoms with Crippen LogP contribution in [0, 0.1) is 0 Å². The molecule has 0 atom stereocenters. The fraction of sp³-hybridized carbons (Fsp3) is 0.333. The Hall–Kier alpha value is -3.22. The van der Waals surface area contributed by atoms with E-state index in [1.165, 1.54) is 23.1 Å². The van der Waals surface area contributed by atoms with Crippen LogP contribution in [-0.2, 0) is 13.1 Å². The highest BCUT2D eigenvalue weighted by molar-refractivity contribution is 5.93. The molecule has 1 aliphatic heterocycles. The molecule has 0 aliphatic carbocycles. The molecule has 0 spiro atoms. The summed E-state index contributed by atoms with van der Waals surface area (Å²) >= 11 is 0. The van der Waals surface area contributed by atoms with Crippen LogP contribution < -0.4 is 15.8 Å². The Bertz CT molecular complexity index is 1050. The predicted octanol–water partition coefficient (Wildman–Crippen LogP) is 2.34. The second kappa shape index (κ2) is 7.80. The molecule has 4 rings (SSSR count). The Morgan fingerprint density at radius 2 is 1.89 bits per heavy atom. The van der Waals surface area contributed by atoms with Gasteiger partial charge in [-0.1, -0.05) is 12.1 Å². The summed E-state index contributed by atoms with van der Waals surface area (Å²) in [4.78, 5) is 36.1. The first-order chi connectivity index (χ1) is 13.7. The Morgan fingerprint density at radius 1 is 1.14 bits per heavy atom. The van der Waals surface area contributed by atoms with Gasteiger partial charge < -0.3 is 10.2 Å². The van der Waals surface area contributed by atoms with Crippen molar-refractivity contribution in [2.24, 2.45) is 0 Å². The van der Waals surface area contributed by atoms with Crippen LogP contribution in [0.4, 0.5) is 5.69 Å². The van der Waals surface area contributed by atoms with E-state index in [9.17, 15) is 9.59 Å². The van der Waals surface area contributed by atoms with E-state index in [1.54, 1.807) is 18.3 Å². The molecule has 144 valence electrons. The van der Waals surface area contributed by atoms with E-state index in [4.69, 9.17) is 0 Å². The maximum atomic E-state index is 12.7. The van der Waals surface area contributed by atoms with Gasteiger partial charge in [0.15, 0.2) is 11.3 Å².